The van der Waals surface area contributed by atoms with Crippen molar-refractivity contribution >= 4 is 6.29 Å². The lowest BCUT2D eigenvalue weighted by atomic mass is 10.0. The fourth-order valence-corrected chi connectivity index (χ4v) is 1.67. The van der Waals surface area contributed by atoms with E-state index in [1.165, 1.54) is 0 Å². The standard InChI is InChI=1S/C10H19NO2/c1-9(2,8-12)11-6-5-10(3,7-11)13-4/h8H,5-7H2,1-4H3. The maximum Gasteiger partial charge on any atom is 0.139 e. The molecule has 0 bridgehead atoms. The Labute approximate surface area is 80.1 Å². The molecule has 1 aliphatic heterocycles. The molecule has 1 heterocycles. The summed E-state index contributed by atoms with van der Waals surface area (Å²) in [6, 6.07) is 0. The van der Waals surface area contributed by atoms with Crippen LogP contribution in [0.25, 0.3) is 0 Å². The average Bonchev–Trinajstić information content (AvgIpc) is 2.50. The van der Waals surface area contributed by atoms with E-state index in [1.807, 2.05) is 13.8 Å². The van der Waals surface area contributed by atoms with Crippen LogP contribution < -0.4 is 0 Å². The smallest absolute Gasteiger partial charge is 0.139 e. The van der Waals surface area contributed by atoms with Crippen LogP contribution in [0.15, 0.2) is 0 Å². The summed E-state index contributed by atoms with van der Waals surface area (Å²) in [5.41, 5.74) is -0.420. The first kappa shape index (κ1) is 10.7. The van der Waals surface area contributed by atoms with Gasteiger partial charge in [-0.25, -0.2) is 0 Å². The van der Waals surface area contributed by atoms with Gasteiger partial charge in [-0.05, 0) is 27.2 Å². The highest BCUT2D eigenvalue weighted by Gasteiger charge is 2.39. The minimum absolute atomic E-state index is 0.0692. The Morgan fingerprint density at radius 1 is 1.54 bits per heavy atom. The van der Waals surface area contributed by atoms with E-state index in [2.05, 4.69) is 11.8 Å². The van der Waals surface area contributed by atoms with Gasteiger partial charge in [0.25, 0.3) is 0 Å². The number of methoxy groups -OCH3 is 1. The van der Waals surface area contributed by atoms with Gasteiger partial charge in [0, 0.05) is 20.2 Å². The van der Waals surface area contributed by atoms with Crippen molar-refractivity contribution in [2.24, 2.45) is 0 Å². The van der Waals surface area contributed by atoms with Crippen molar-refractivity contribution in [3.8, 4) is 0 Å². The van der Waals surface area contributed by atoms with Crippen molar-refractivity contribution in [1.29, 1.82) is 0 Å². The normalized spacial score (nSPS) is 30.8. The minimum Gasteiger partial charge on any atom is -0.377 e. The number of carbonyl (C=O) groups is 1. The fraction of sp³-hybridized carbons (Fsp3) is 0.900. The highest BCUT2D eigenvalue weighted by atomic mass is 16.5. The van der Waals surface area contributed by atoms with Crippen molar-refractivity contribution in [3.05, 3.63) is 0 Å². The first-order valence-corrected chi connectivity index (χ1v) is 4.70. The summed E-state index contributed by atoms with van der Waals surface area (Å²) in [6.45, 7) is 7.77. The van der Waals surface area contributed by atoms with Gasteiger partial charge in [0.05, 0.1) is 11.1 Å². The summed E-state index contributed by atoms with van der Waals surface area (Å²) in [5.74, 6) is 0. The third-order valence-corrected chi connectivity index (χ3v) is 3.03. The van der Waals surface area contributed by atoms with E-state index >= 15 is 0 Å². The van der Waals surface area contributed by atoms with Gasteiger partial charge in [0.1, 0.15) is 6.29 Å². The second-order valence-corrected chi connectivity index (χ2v) is 4.60. The summed E-state index contributed by atoms with van der Waals surface area (Å²) in [4.78, 5) is 13.0. The molecule has 3 nitrogen and oxygen atoms in total. The highest BCUT2D eigenvalue weighted by molar-refractivity contribution is 5.62. The molecule has 1 fully saturated rings. The lowest BCUT2D eigenvalue weighted by molar-refractivity contribution is -0.116. The summed E-state index contributed by atoms with van der Waals surface area (Å²) in [6.07, 6.45) is 2.01. The van der Waals surface area contributed by atoms with Crippen LogP contribution in [0, 0.1) is 0 Å². The molecule has 1 rings (SSSR count). The molecule has 76 valence electrons. The maximum atomic E-state index is 10.8. The van der Waals surface area contributed by atoms with Gasteiger partial charge in [-0.1, -0.05) is 0 Å². The lowest BCUT2D eigenvalue weighted by Gasteiger charge is -2.31. The molecule has 0 saturated carbocycles. The zero-order valence-corrected chi connectivity index (χ0v) is 8.96. The third-order valence-electron chi connectivity index (χ3n) is 3.03. The third kappa shape index (κ3) is 2.09. The van der Waals surface area contributed by atoms with Gasteiger partial charge >= 0.3 is 0 Å². The van der Waals surface area contributed by atoms with Gasteiger partial charge in [-0.3, -0.25) is 4.90 Å². The van der Waals surface area contributed by atoms with E-state index in [9.17, 15) is 4.79 Å². The van der Waals surface area contributed by atoms with Gasteiger partial charge < -0.3 is 9.53 Å². The van der Waals surface area contributed by atoms with E-state index in [0.717, 1.165) is 25.8 Å². The first-order chi connectivity index (χ1) is 5.93. The molecule has 1 unspecified atom stereocenters. The molecule has 3 heteroatoms. The van der Waals surface area contributed by atoms with Crippen molar-refractivity contribution in [1.82, 2.24) is 4.90 Å². The molecule has 0 aromatic rings. The summed E-state index contributed by atoms with van der Waals surface area (Å²) >= 11 is 0. The minimum atomic E-state index is -0.351. The maximum absolute atomic E-state index is 10.8. The van der Waals surface area contributed by atoms with E-state index in [1.54, 1.807) is 7.11 Å². The van der Waals surface area contributed by atoms with Crippen molar-refractivity contribution in [3.63, 3.8) is 0 Å². The molecule has 1 atom stereocenters. The number of aldehydes is 1. The quantitative estimate of drug-likeness (QED) is 0.616. The van der Waals surface area contributed by atoms with Crippen LogP contribution in [0.5, 0.6) is 0 Å². The number of hydrogen-bond acceptors (Lipinski definition) is 3. The molecule has 0 amide bonds. The van der Waals surface area contributed by atoms with Crippen molar-refractivity contribution in [2.45, 2.75) is 38.3 Å². The first-order valence-electron chi connectivity index (χ1n) is 4.70. The number of nitrogens with zero attached hydrogens (tertiary/aromatic N) is 1. The molecule has 0 spiro atoms. The number of likely N-dealkylation sites (tertiary alicyclic amines) is 1. The Hall–Kier alpha value is -0.410. The Kier molecular flexibility index (Phi) is 2.78. The zero-order valence-electron chi connectivity index (χ0n) is 8.96. The van der Waals surface area contributed by atoms with Crippen LogP contribution in [0.3, 0.4) is 0 Å². The number of carbonyl (C=O) groups excluding carboxylic acids is 1. The van der Waals surface area contributed by atoms with E-state index in [4.69, 9.17) is 4.74 Å². The van der Waals surface area contributed by atoms with Crippen LogP contribution in [0.2, 0.25) is 0 Å². The molecular formula is C10H19NO2. The molecule has 0 N–H and O–H groups in total. The molecule has 0 aromatic heterocycles. The topological polar surface area (TPSA) is 29.5 Å². The van der Waals surface area contributed by atoms with Crippen LogP contribution in [-0.2, 0) is 9.53 Å². The molecular weight excluding hydrogens is 166 g/mol. The predicted octanol–water partition coefficient (Wildman–Crippen LogP) is 1.07. The van der Waals surface area contributed by atoms with Crippen LogP contribution in [0.1, 0.15) is 27.2 Å². The second kappa shape index (κ2) is 3.39. The second-order valence-electron chi connectivity index (χ2n) is 4.60. The number of ether oxygens (including phenoxy) is 1. The zero-order chi connectivity index (χ0) is 10.1. The Balaban J connectivity index is 2.64. The summed E-state index contributed by atoms with van der Waals surface area (Å²) in [7, 11) is 1.73. The van der Waals surface area contributed by atoms with E-state index in [-0.39, 0.29) is 11.1 Å². The Morgan fingerprint density at radius 2 is 2.15 bits per heavy atom. The van der Waals surface area contributed by atoms with Gasteiger partial charge in [0.15, 0.2) is 0 Å². The molecule has 13 heavy (non-hydrogen) atoms. The molecule has 0 aromatic carbocycles. The van der Waals surface area contributed by atoms with Crippen LogP contribution in [0.4, 0.5) is 0 Å². The average molecular weight is 185 g/mol. The lowest BCUT2D eigenvalue weighted by Crippen LogP contribution is -2.45. The molecule has 1 aliphatic rings. The van der Waals surface area contributed by atoms with E-state index < -0.39 is 0 Å². The molecule has 0 aliphatic carbocycles. The van der Waals surface area contributed by atoms with Gasteiger partial charge in [-0.2, -0.15) is 0 Å². The Morgan fingerprint density at radius 3 is 2.54 bits per heavy atom. The van der Waals surface area contributed by atoms with Crippen LogP contribution in [-0.4, -0.2) is 42.5 Å². The van der Waals surface area contributed by atoms with Crippen molar-refractivity contribution in [2.75, 3.05) is 20.2 Å². The molecule has 0 radical (unpaired) electrons. The SMILES string of the molecule is COC1(C)CCN(C(C)(C)C=O)C1. The van der Waals surface area contributed by atoms with Gasteiger partial charge in [0.2, 0.25) is 0 Å². The van der Waals surface area contributed by atoms with Crippen molar-refractivity contribution < 1.29 is 9.53 Å². The Bertz CT molecular complexity index is 203. The van der Waals surface area contributed by atoms with Gasteiger partial charge in [-0.15, -0.1) is 0 Å². The number of rotatable bonds is 3. The van der Waals surface area contributed by atoms with Crippen LogP contribution >= 0.6 is 0 Å². The van der Waals surface area contributed by atoms with E-state index in [0.29, 0.717) is 0 Å². The summed E-state index contributed by atoms with van der Waals surface area (Å²) < 4.78 is 5.41. The fourth-order valence-electron chi connectivity index (χ4n) is 1.67. The largest absolute Gasteiger partial charge is 0.377 e. The predicted molar refractivity (Wildman–Crippen MR) is 51.7 cm³/mol. The number of hydrogen-bond donors (Lipinski definition) is 0. The highest BCUT2D eigenvalue weighted by Crippen LogP contribution is 2.28. The monoisotopic (exact) mass is 185 g/mol. The molecule has 1 saturated heterocycles. The summed E-state index contributed by atoms with van der Waals surface area (Å²) in [5, 5.41) is 0.